The highest BCUT2D eigenvalue weighted by Crippen LogP contribution is 2.32. The molecular formula is C16H24N2O4S. The number of carbonyl (C=O) groups excluding carboxylic acids is 1. The number of likely N-dealkylation sites (tertiary alicyclic amines) is 1. The zero-order valence-corrected chi connectivity index (χ0v) is 14.5. The van der Waals surface area contributed by atoms with E-state index in [1.807, 2.05) is 32.2 Å². The number of rotatable bonds is 4. The minimum atomic E-state index is -0.918. The molecule has 1 aliphatic heterocycles. The van der Waals surface area contributed by atoms with E-state index in [9.17, 15) is 14.7 Å². The molecule has 0 amide bonds. The summed E-state index contributed by atoms with van der Waals surface area (Å²) in [6.07, 6.45) is 0.478. The van der Waals surface area contributed by atoms with Crippen LogP contribution in [0.15, 0.2) is 17.5 Å². The maximum atomic E-state index is 12.2. The number of piperidine rings is 1. The van der Waals surface area contributed by atoms with Crippen molar-refractivity contribution in [3.63, 3.8) is 0 Å². The summed E-state index contributed by atoms with van der Waals surface area (Å²) in [5.74, 6) is -1.45. The van der Waals surface area contributed by atoms with Crippen LogP contribution in [-0.4, -0.2) is 40.3 Å². The Labute approximate surface area is 140 Å². The summed E-state index contributed by atoms with van der Waals surface area (Å²) in [6, 6.07) is 2.87. The van der Waals surface area contributed by atoms with Crippen LogP contribution in [-0.2, 0) is 14.3 Å². The fraction of sp³-hybridized carbons (Fsp3) is 0.625. The fourth-order valence-electron chi connectivity index (χ4n) is 2.81. The minimum absolute atomic E-state index is 0.254. The van der Waals surface area contributed by atoms with Crippen LogP contribution < -0.4 is 5.73 Å². The second-order valence-corrected chi connectivity index (χ2v) is 7.80. The van der Waals surface area contributed by atoms with Gasteiger partial charge in [0.25, 0.3) is 0 Å². The quantitative estimate of drug-likeness (QED) is 0.816. The van der Waals surface area contributed by atoms with Gasteiger partial charge < -0.3 is 15.6 Å². The van der Waals surface area contributed by atoms with Crippen LogP contribution >= 0.6 is 11.3 Å². The monoisotopic (exact) mass is 340 g/mol. The maximum Gasteiger partial charge on any atom is 0.326 e. The smallest absolute Gasteiger partial charge is 0.326 e. The summed E-state index contributed by atoms with van der Waals surface area (Å²) in [6.45, 7) is 5.95. The van der Waals surface area contributed by atoms with Gasteiger partial charge in [0.1, 0.15) is 11.6 Å². The Morgan fingerprint density at radius 3 is 2.65 bits per heavy atom. The first-order valence-corrected chi connectivity index (χ1v) is 8.57. The topological polar surface area (TPSA) is 92.9 Å². The molecule has 23 heavy (non-hydrogen) atoms. The van der Waals surface area contributed by atoms with Crippen molar-refractivity contribution in [1.82, 2.24) is 4.90 Å². The summed E-state index contributed by atoms with van der Waals surface area (Å²) in [5, 5.41) is 11.4. The van der Waals surface area contributed by atoms with Gasteiger partial charge in [0.15, 0.2) is 0 Å². The van der Waals surface area contributed by atoms with E-state index in [4.69, 9.17) is 10.5 Å². The molecule has 3 atom stereocenters. The Kier molecular flexibility index (Phi) is 5.44. The minimum Gasteiger partial charge on any atom is -0.480 e. The summed E-state index contributed by atoms with van der Waals surface area (Å²) in [4.78, 5) is 26.4. The zero-order chi connectivity index (χ0) is 17.2. The average molecular weight is 340 g/mol. The third-order valence-corrected chi connectivity index (χ3v) is 4.73. The third kappa shape index (κ3) is 4.53. The van der Waals surface area contributed by atoms with Gasteiger partial charge in [-0.15, -0.1) is 11.3 Å². The molecule has 0 saturated carbocycles. The van der Waals surface area contributed by atoms with Crippen molar-refractivity contribution >= 4 is 23.3 Å². The lowest BCUT2D eigenvalue weighted by molar-refractivity contribution is -0.163. The van der Waals surface area contributed by atoms with Gasteiger partial charge >= 0.3 is 11.9 Å². The Bertz CT molecular complexity index is 553. The first kappa shape index (κ1) is 17.9. The molecule has 0 aliphatic carbocycles. The highest BCUT2D eigenvalue weighted by molar-refractivity contribution is 7.10. The molecule has 6 nitrogen and oxygen atoms in total. The lowest BCUT2D eigenvalue weighted by Gasteiger charge is -2.39. The van der Waals surface area contributed by atoms with Gasteiger partial charge in [-0.1, -0.05) is 6.07 Å². The van der Waals surface area contributed by atoms with Crippen LogP contribution in [0.4, 0.5) is 0 Å². The number of thiophene rings is 1. The number of carboxylic acids is 1. The predicted molar refractivity (Wildman–Crippen MR) is 87.9 cm³/mol. The molecule has 0 unspecified atom stereocenters. The molecule has 2 rings (SSSR count). The van der Waals surface area contributed by atoms with Gasteiger partial charge in [0.2, 0.25) is 0 Å². The molecule has 128 valence electrons. The summed E-state index contributed by atoms with van der Waals surface area (Å²) < 4.78 is 5.41. The molecule has 2 heterocycles. The molecule has 1 fully saturated rings. The highest BCUT2D eigenvalue weighted by atomic mass is 32.1. The molecule has 0 spiro atoms. The van der Waals surface area contributed by atoms with Crippen LogP contribution in [0.1, 0.15) is 44.5 Å². The van der Waals surface area contributed by atoms with E-state index >= 15 is 0 Å². The van der Waals surface area contributed by atoms with E-state index in [0.717, 1.165) is 4.88 Å². The largest absolute Gasteiger partial charge is 0.480 e. The fourth-order valence-corrected chi connectivity index (χ4v) is 3.65. The van der Waals surface area contributed by atoms with Gasteiger partial charge in [0.05, 0.1) is 12.1 Å². The van der Waals surface area contributed by atoms with Crippen molar-refractivity contribution in [2.24, 2.45) is 11.7 Å². The van der Waals surface area contributed by atoms with Crippen LogP contribution in [0.2, 0.25) is 0 Å². The van der Waals surface area contributed by atoms with Crippen molar-refractivity contribution < 1.29 is 19.4 Å². The number of nitrogens with two attached hydrogens (primary N) is 1. The van der Waals surface area contributed by atoms with E-state index in [1.165, 1.54) is 11.3 Å². The second kappa shape index (κ2) is 6.98. The van der Waals surface area contributed by atoms with Gasteiger partial charge in [-0.05, 0) is 45.1 Å². The van der Waals surface area contributed by atoms with E-state index < -0.39 is 23.8 Å². The summed E-state index contributed by atoms with van der Waals surface area (Å²) in [5.41, 5.74) is 5.65. The number of carboxylic acid groups (broad SMARTS) is 1. The van der Waals surface area contributed by atoms with E-state index in [0.29, 0.717) is 19.4 Å². The van der Waals surface area contributed by atoms with Crippen molar-refractivity contribution in [1.29, 1.82) is 0 Å². The van der Waals surface area contributed by atoms with Crippen LogP contribution in [0.5, 0.6) is 0 Å². The lowest BCUT2D eigenvalue weighted by Crippen LogP contribution is -2.52. The maximum absolute atomic E-state index is 12.2. The number of hydrogen-bond acceptors (Lipinski definition) is 6. The van der Waals surface area contributed by atoms with Gasteiger partial charge in [-0.2, -0.15) is 0 Å². The number of aliphatic carboxylic acids is 1. The number of ether oxygens (including phenoxy) is 1. The molecule has 0 aromatic carbocycles. The number of carbonyl (C=O) groups is 2. The number of esters is 1. The Balaban J connectivity index is 2.06. The molecule has 0 bridgehead atoms. The lowest BCUT2D eigenvalue weighted by atomic mass is 9.93. The van der Waals surface area contributed by atoms with E-state index in [1.54, 1.807) is 11.0 Å². The molecule has 3 N–H and O–H groups in total. The molecular weight excluding hydrogens is 316 g/mol. The van der Waals surface area contributed by atoms with Crippen LogP contribution in [0, 0.1) is 5.92 Å². The van der Waals surface area contributed by atoms with Crippen molar-refractivity contribution in [2.75, 3.05) is 6.54 Å². The van der Waals surface area contributed by atoms with Crippen molar-refractivity contribution in [3.05, 3.63) is 22.4 Å². The third-order valence-electron chi connectivity index (χ3n) is 3.81. The van der Waals surface area contributed by atoms with Crippen molar-refractivity contribution in [3.8, 4) is 0 Å². The van der Waals surface area contributed by atoms with Crippen molar-refractivity contribution in [2.45, 2.75) is 51.4 Å². The van der Waals surface area contributed by atoms with Gasteiger partial charge in [0, 0.05) is 11.4 Å². The number of hydrogen-bond donors (Lipinski definition) is 2. The molecule has 1 saturated heterocycles. The zero-order valence-electron chi connectivity index (χ0n) is 13.7. The highest BCUT2D eigenvalue weighted by Gasteiger charge is 2.39. The average Bonchev–Trinajstić information content (AvgIpc) is 2.92. The number of nitrogens with zero attached hydrogens (tertiary/aromatic N) is 1. The molecule has 1 aliphatic rings. The van der Waals surface area contributed by atoms with Crippen LogP contribution in [0.25, 0.3) is 0 Å². The standard InChI is InChI=1S/C16H24N2O4S/c1-16(2,3)22-15(21)10-6-7-18(12(17)9-10)13(14(19)20)11-5-4-8-23-11/h4-5,8,10,12-13H,6-7,9,17H2,1-3H3,(H,19,20)/t10-,12-,13+/m1/s1. The second-order valence-electron chi connectivity index (χ2n) is 6.82. The van der Waals surface area contributed by atoms with Gasteiger partial charge in [-0.25, -0.2) is 0 Å². The predicted octanol–water partition coefficient (Wildman–Crippen LogP) is 2.21. The normalized spacial score (nSPS) is 24.2. The first-order valence-electron chi connectivity index (χ1n) is 7.69. The Morgan fingerprint density at radius 1 is 1.48 bits per heavy atom. The molecule has 0 radical (unpaired) electrons. The van der Waals surface area contributed by atoms with E-state index in [2.05, 4.69) is 0 Å². The molecule has 1 aromatic heterocycles. The van der Waals surface area contributed by atoms with E-state index in [-0.39, 0.29) is 11.9 Å². The SMILES string of the molecule is CC(C)(C)OC(=O)[C@@H]1CCN([C@H](C(=O)O)c2cccs2)[C@@H](N)C1. The Morgan fingerprint density at radius 2 is 2.17 bits per heavy atom. The summed E-state index contributed by atoms with van der Waals surface area (Å²) in [7, 11) is 0. The first-order chi connectivity index (χ1) is 10.7. The molecule has 7 heteroatoms. The summed E-state index contributed by atoms with van der Waals surface area (Å²) >= 11 is 1.40. The Hall–Kier alpha value is -1.44. The van der Waals surface area contributed by atoms with Crippen LogP contribution in [0.3, 0.4) is 0 Å². The van der Waals surface area contributed by atoms with Gasteiger partial charge in [-0.3, -0.25) is 14.5 Å². The molecule has 1 aromatic rings.